The first kappa shape index (κ1) is 27.9. The number of pyridine rings is 1. The summed E-state index contributed by atoms with van der Waals surface area (Å²) in [6.45, 7) is 6.10. The lowest BCUT2D eigenvalue weighted by molar-refractivity contribution is 0.0800. The third kappa shape index (κ3) is 7.03. The lowest BCUT2D eigenvalue weighted by Crippen LogP contribution is -2.39. The molecule has 1 aromatic carbocycles. The van der Waals surface area contributed by atoms with E-state index in [2.05, 4.69) is 15.2 Å². The van der Waals surface area contributed by atoms with Crippen LogP contribution in [0.25, 0.3) is 11.0 Å². The second-order valence-electron chi connectivity index (χ2n) is 10.1. The fraction of sp³-hybridized carbons (Fsp3) is 0.519. The maximum atomic E-state index is 14.0. The van der Waals surface area contributed by atoms with Crippen LogP contribution < -0.4 is 15.0 Å². The fourth-order valence-electron chi connectivity index (χ4n) is 4.63. The van der Waals surface area contributed by atoms with Gasteiger partial charge >= 0.3 is 0 Å². The van der Waals surface area contributed by atoms with Crippen LogP contribution in [0.5, 0.6) is 5.75 Å². The average molecular weight is 532 g/mol. The second kappa shape index (κ2) is 12.1. The molecule has 2 fully saturated rings. The van der Waals surface area contributed by atoms with Crippen LogP contribution in [-0.4, -0.2) is 76.3 Å². The number of piperidine rings is 1. The monoisotopic (exact) mass is 531 g/mol. The Labute approximate surface area is 220 Å². The SMILES string of the molecule is CC(C)(O)Cc1cc2nc(NC3CCOC3)c(N3CCC(Oc4ccc(F)cc4F)CC3)nc2cn1.CO. The van der Waals surface area contributed by atoms with E-state index in [1.54, 1.807) is 20.0 Å². The number of aromatic nitrogens is 3. The van der Waals surface area contributed by atoms with Gasteiger partial charge in [-0.3, -0.25) is 4.98 Å². The van der Waals surface area contributed by atoms with Crippen LogP contribution in [0.1, 0.15) is 38.8 Å². The number of benzene rings is 1. The Bertz CT molecular complexity index is 1230. The van der Waals surface area contributed by atoms with Gasteiger partial charge < -0.3 is 29.9 Å². The van der Waals surface area contributed by atoms with Gasteiger partial charge in [0.05, 0.1) is 30.0 Å². The molecule has 0 bridgehead atoms. The van der Waals surface area contributed by atoms with E-state index in [9.17, 15) is 13.9 Å². The third-order valence-electron chi connectivity index (χ3n) is 6.40. The number of hydrogen-bond acceptors (Lipinski definition) is 9. The van der Waals surface area contributed by atoms with Crippen molar-refractivity contribution in [3.63, 3.8) is 0 Å². The van der Waals surface area contributed by atoms with Crippen molar-refractivity contribution in [1.82, 2.24) is 15.0 Å². The molecule has 2 aliphatic heterocycles. The summed E-state index contributed by atoms with van der Waals surface area (Å²) in [5.41, 5.74) is 1.25. The van der Waals surface area contributed by atoms with Crippen LogP contribution in [0, 0.1) is 11.6 Å². The van der Waals surface area contributed by atoms with Crippen LogP contribution in [0.15, 0.2) is 30.5 Å². The number of halogens is 2. The van der Waals surface area contributed by atoms with Crippen molar-refractivity contribution >= 4 is 22.7 Å². The first-order valence-corrected chi connectivity index (χ1v) is 12.8. The van der Waals surface area contributed by atoms with Gasteiger partial charge in [-0.15, -0.1) is 0 Å². The zero-order chi connectivity index (χ0) is 27.3. The minimum Gasteiger partial charge on any atom is -0.487 e. The Morgan fingerprint density at radius 3 is 2.53 bits per heavy atom. The van der Waals surface area contributed by atoms with Gasteiger partial charge in [-0.2, -0.15) is 0 Å². The van der Waals surface area contributed by atoms with Crippen LogP contribution in [0.3, 0.4) is 0 Å². The van der Waals surface area contributed by atoms with E-state index in [0.29, 0.717) is 62.4 Å². The van der Waals surface area contributed by atoms with Gasteiger partial charge in [-0.1, -0.05) is 0 Å². The normalized spacial score (nSPS) is 18.3. The van der Waals surface area contributed by atoms with Crippen LogP contribution in [0.2, 0.25) is 0 Å². The highest BCUT2D eigenvalue weighted by Gasteiger charge is 2.27. The van der Waals surface area contributed by atoms with E-state index in [4.69, 9.17) is 24.5 Å². The Hall–Kier alpha value is -3.15. The number of rotatable bonds is 7. The minimum absolute atomic E-state index is 0.0665. The number of nitrogens with zero attached hydrogens (tertiary/aromatic N) is 4. The molecule has 0 aliphatic carbocycles. The molecule has 5 rings (SSSR count). The summed E-state index contributed by atoms with van der Waals surface area (Å²) in [7, 11) is 1.00. The van der Waals surface area contributed by atoms with Gasteiger partial charge in [-0.05, 0) is 38.5 Å². The van der Waals surface area contributed by atoms with Gasteiger partial charge in [0.25, 0.3) is 0 Å². The lowest BCUT2D eigenvalue weighted by atomic mass is 10.0. The molecule has 0 amide bonds. The van der Waals surface area contributed by atoms with Crippen LogP contribution in [-0.2, 0) is 11.2 Å². The molecule has 0 radical (unpaired) electrons. The first-order valence-electron chi connectivity index (χ1n) is 12.8. The molecular formula is C27H35F2N5O4. The number of aliphatic hydroxyl groups excluding tert-OH is 1. The van der Waals surface area contributed by atoms with Crippen molar-refractivity contribution in [2.45, 2.75) is 57.3 Å². The highest BCUT2D eigenvalue weighted by molar-refractivity contribution is 5.80. The molecule has 3 N–H and O–H groups in total. The molecule has 2 saturated heterocycles. The average Bonchev–Trinajstić information content (AvgIpc) is 3.39. The van der Waals surface area contributed by atoms with Crippen molar-refractivity contribution < 1.29 is 28.5 Å². The number of ether oxygens (including phenoxy) is 2. The largest absolute Gasteiger partial charge is 0.487 e. The number of hydrogen-bond donors (Lipinski definition) is 3. The maximum Gasteiger partial charge on any atom is 0.172 e. The summed E-state index contributed by atoms with van der Waals surface area (Å²) in [6.07, 6.45) is 4.13. The van der Waals surface area contributed by atoms with Crippen molar-refractivity contribution in [3.8, 4) is 5.75 Å². The predicted molar refractivity (Wildman–Crippen MR) is 141 cm³/mol. The molecule has 2 aromatic heterocycles. The summed E-state index contributed by atoms with van der Waals surface area (Å²) in [5.74, 6) is 0.163. The number of nitrogens with one attached hydrogen (secondary N) is 1. The summed E-state index contributed by atoms with van der Waals surface area (Å²) >= 11 is 0. The first-order chi connectivity index (χ1) is 18.2. The minimum atomic E-state index is -0.875. The number of fused-ring (bicyclic) bond motifs is 1. The molecule has 1 atom stereocenters. The van der Waals surface area contributed by atoms with Crippen molar-refractivity contribution in [3.05, 3.63) is 47.8 Å². The lowest BCUT2D eigenvalue weighted by Gasteiger charge is -2.34. The smallest absolute Gasteiger partial charge is 0.172 e. The van der Waals surface area contributed by atoms with Gasteiger partial charge in [0.15, 0.2) is 23.2 Å². The van der Waals surface area contributed by atoms with Gasteiger partial charge in [0, 0.05) is 57.8 Å². The topological polar surface area (TPSA) is 113 Å². The standard InChI is InChI=1S/C26H31F2N5O3.CH4O/c1-26(2,34)13-18-12-21-22(14-29-18)32-25(24(31-21)30-17-7-10-35-15-17)33-8-5-19(6-9-33)36-23-4-3-16(27)11-20(23)28;1-2/h3-4,11-12,14,17,19,34H,5-10,13,15H2,1-2H3,(H,30,31);2H,1H3. The summed E-state index contributed by atoms with van der Waals surface area (Å²) in [5, 5.41) is 20.7. The van der Waals surface area contributed by atoms with Gasteiger partial charge in [0.1, 0.15) is 17.4 Å². The van der Waals surface area contributed by atoms with Crippen molar-refractivity contribution in [2.75, 3.05) is 43.6 Å². The van der Waals surface area contributed by atoms with Gasteiger partial charge in [-0.25, -0.2) is 18.7 Å². The van der Waals surface area contributed by atoms with E-state index < -0.39 is 17.2 Å². The molecule has 3 aromatic rings. The van der Waals surface area contributed by atoms with E-state index in [0.717, 1.165) is 31.1 Å². The molecule has 206 valence electrons. The fourth-order valence-corrected chi connectivity index (χ4v) is 4.63. The van der Waals surface area contributed by atoms with Crippen LogP contribution >= 0.6 is 0 Å². The van der Waals surface area contributed by atoms with E-state index >= 15 is 0 Å². The molecule has 4 heterocycles. The quantitative estimate of drug-likeness (QED) is 0.422. The van der Waals surface area contributed by atoms with Gasteiger partial charge in [0.2, 0.25) is 0 Å². The van der Waals surface area contributed by atoms with Crippen LogP contribution in [0.4, 0.5) is 20.4 Å². The molecule has 11 heteroatoms. The van der Waals surface area contributed by atoms with Crippen molar-refractivity contribution in [2.24, 2.45) is 0 Å². The van der Waals surface area contributed by atoms with E-state index in [1.807, 2.05) is 6.07 Å². The molecule has 9 nitrogen and oxygen atoms in total. The molecule has 0 saturated carbocycles. The highest BCUT2D eigenvalue weighted by Crippen LogP contribution is 2.31. The molecule has 0 spiro atoms. The van der Waals surface area contributed by atoms with Crippen molar-refractivity contribution in [1.29, 1.82) is 0 Å². The van der Waals surface area contributed by atoms with E-state index in [-0.39, 0.29) is 17.9 Å². The Morgan fingerprint density at radius 1 is 1.11 bits per heavy atom. The zero-order valence-corrected chi connectivity index (χ0v) is 22.0. The second-order valence-corrected chi connectivity index (χ2v) is 10.1. The molecule has 38 heavy (non-hydrogen) atoms. The highest BCUT2D eigenvalue weighted by atomic mass is 19.1. The predicted octanol–water partition coefficient (Wildman–Crippen LogP) is 3.47. The zero-order valence-electron chi connectivity index (χ0n) is 22.0. The summed E-state index contributed by atoms with van der Waals surface area (Å²) in [6, 6.07) is 5.38. The Morgan fingerprint density at radius 2 is 1.87 bits per heavy atom. The van der Waals surface area contributed by atoms with E-state index in [1.165, 1.54) is 12.1 Å². The number of anilines is 2. The summed E-state index contributed by atoms with van der Waals surface area (Å²) < 4.78 is 38.6. The number of aliphatic hydroxyl groups is 2. The Kier molecular flexibility index (Phi) is 8.91. The Balaban J connectivity index is 0.00000164. The molecule has 2 aliphatic rings. The molecular weight excluding hydrogens is 496 g/mol. The summed E-state index contributed by atoms with van der Waals surface area (Å²) in [4.78, 5) is 16.4. The third-order valence-corrected chi connectivity index (χ3v) is 6.40. The maximum absolute atomic E-state index is 14.0. The molecule has 1 unspecified atom stereocenters.